The van der Waals surface area contributed by atoms with E-state index in [1.807, 2.05) is 30.3 Å². The number of benzene rings is 1. The lowest BCUT2D eigenvalue weighted by atomic mass is 10.1. The number of carbonyl (C=O) groups excluding carboxylic acids is 1. The molecule has 1 rings (SSSR count). The smallest absolute Gasteiger partial charge is 0.308 e. The van der Waals surface area contributed by atoms with Crippen LogP contribution in [0.3, 0.4) is 0 Å². The van der Waals surface area contributed by atoms with Gasteiger partial charge in [0.05, 0.1) is 32.5 Å². The highest BCUT2D eigenvalue weighted by Gasteiger charge is 2.16. The van der Waals surface area contributed by atoms with Crippen molar-refractivity contribution in [2.24, 2.45) is 0 Å². The van der Waals surface area contributed by atoms with Gasteiger partial charge in [0.2, 0.25) is 0 Å². The highest BCUT2D eigenvalue weighted by Crippen LogP contribution is 2.22. The number of rotatable bonds is 11. The maximum absolute atomic E-state index is 11.5. The van der Waals surface area contributed by atoms with Crippen LogP contribution in [0.4, 0.5) is 0 Å². The summed E-state index contributed by atoms with van der Waals surface area (Å²) < 4.78 is 36.8. The van der Waals surface area contributed by atoms with Crippen molar-refractivity contribution in [1.29, 1.82) is 0 Å². The lowest BCUT2D eigenvalue weighted by Gasteiger charge is -2.17. The van der Waals surface area contributed by atoms with E-state index >= 15 is 0 Å². The second-order valence-electron chi connectivity index (χ2n) is 5.14. The van der Waals surface area contributed by atoms with Crippen LogP contribution < -0.4 is 0 Å². The van der Waals surface area contributed by atoms with Crippen molar-refractivity contribution in [3.63, 3.8) is 0 Å². The molecule has 0 saturated carbocycles. The van der Waals surface area contributed by atoms with Gasteiger partial charge in [-0.15, -0.1) is 0 Å². The highest BCUT2D eigenvalue weighted by atomic mass is 32.2. The van der Waals surface area contributed by atoms with Gasteiger partial charge in [0.1, 0.15) is 0 Å². The van der Waals surface area contributed by atoms with Crippen LogP contribution in [0.2, 0.25) is 0 Å². The van der Waals surface area contributed by atoms with E-state index < -0.39 is 10.1 Å². The summed E-state index contributed by atoms with van der Waals surface area (Å²) in [6.45, 7) is 0.665. The molecule has 0 aliphatic heterocycles. The van der Waals surface area contributed by atoms with Crippen LogP contribution in [0, 0.1) is 0 Å². The zero-order chi connectivity index (χ0) is 17.1. The summed E-state index contributed by atoms with van der Waals surface area (Å²) in [5.74, 6) is -0.319. The van der Waals surface area contributed by atoms with Crippen LogP contribution in [0.25, 0.3) is 0 Å². The molecule has 0 aliphatic rings. The Hall–Kier alpha value is -1.44. The van der Waals surface area contributed by atoms with E-state index in [2.05, 4.69) is 4.18 Å². The number of methoxy groups -OCH3 is 1. The summed E-state index contributed by atoms with van der Waals surface area (Å²) in [6.07, 6.45) is 3.05. The summed E-state index contributed by atoms with van der Waals surface area (Å²) >= 11 is 0. The molecule has 0 amide bonds. The molecule has 0 heterocycles. The monoisotopic (exact) mass is 344 g/mol. The number of hydrogen-bond donors (Lipinski definition) is 0. The minimum atomic E-state index is -3.37. The van der Waals surface area contributed by atoms with Crippen LogP contribution in [0.5, 0.6) is 0 Å². The van der Waals surface area contributed by atoms with Gasteiger partial charge >= 0.3 is 5.97 Å². The lowest BCUT2D eigenvalue weighted by Crippen LogP contribution is -2.12. The molecule has 1 aromatic carbocycles. The Balaban J connectivity index is 2.33. The van der Waals surface area contributed by atoms with Crippen LogP contribution in [0.1, 0.15) is 37.4 Å². The van der Waals surface area contributed by atoms with Crippen molar-refractivity contribution in [3.8, 4) is 0 Å². The normalized spacial score (nSPS) is 12.8. The van der Waals surface area contributed by atoms with E-state index in [0.717, 1.165) is 24.7 Å². The summed E-state index contributed by atoms with van der Waals surface area (Å²) in [4.78, 5) is 11.5. The van der Waals surface area contributed by atoms with E-state index in [1.54, 1.807) is 0 Å². The summed E-state index contributed by atoms with van der Waals surface area (Å²) in [6, 6.07) is 9.51. The Morgan fingerprint density at radius 3 is 2.35 bits per heavy atom. The number of carbonyl (C=O) groups is 1. The van der Waals surface area contributed by atoms with Gasteiger partial charge in [0.15, 0.2) is 0 Å². The molecule has 1 aromatic rings. The van der Waals surface area contributed by atoms with Gasteiger partial charge in [-0.1, -0.05) is 30.3 Å². The van der Waals surface area contributed by atoms with Gasteiger partial charge in [-0.3, -0.25) is 8.98 Å². The molecule has 0 aromatic heterocycles. The van der Waals surface area contributed by atoms with Gasteiger partial charge in [-0.25, -0.2) is 0 Å². The predicted octanol–water partition coefficient (Wildman–Crippen LogP) is 2.45. The average molecular weight is 344 g/mol. The van der Waals surface area contributed by atoms with Crippen molar-refractivity contribution >= 4 is 16.1 Å². The molecule has 6 nitrogen and oxygen atoms in total. The number of ether oxygens (including phenoxy) is 2. The topological polar surface area (TPSA) is 78.9 Å². The van der Waals surface area contributed by atoms with E-state index in [1.165, 1.54) is 7.11 Å². The molecule has 0 bridgehead atoms. The van der Waals surface area contributed by atoms with Crippen molar-refractivity contribution in [1.82, 2.24) is 0 Å². The SMILES string of the molecule is COC(=O)CC(OCCCCCOS(C)(=O)=O)c1ccccc1. The number of unbranched alkanes of at least 4 members (excludes halogenated alkanes) is 2. The maximum Gasteiger partial charge on any atom is 0.308 e. The molecule has 0 N–H and O–H groups in total. The standard InChI is InChI=1S/C16H24O6S/c1-20-16(17)13-15(14-9-5-3-6-10-14)21-11-7-4-8-12-22-23(2,18)19/h3,5-6,9-10,15H,4,7-8,11-13H2,1-2H3. The maximum atomic E-state index is 11.5. The Bertz CT molecular complexity index is 555. The summed E-state index contributed by atoms with van der Waals surface area (Å²) in [5.41, 5.74) is 0.929. The minimum Gasteiger partial charge on any atom is -0.469 e. The first-order chi connectivity index (χ1) is 10.9. The van der Waals surface area contributed by atoms with Crippen molar-refractivity contribution in [2.75, 3.05) is 26.6 Å². The molecule has 0 saturated heterocycles. The van der Waals surface area contributed by atoms with Crippen molar-refractivity contribution in [3.05, 3.63) is 35.9 Å². The third kappa shape index (κ3) is 9.32. The van der Waals surface area contributed by atoms with Gasteiger partial charge < -0.3 is 9.47 Å². The van der Waals surface area contributed by atoms with Gasteiger partial charge in [-0.05, 0) is 24.8 Å². The lowest BCUT2D eigenvalue weighted by molar-refractivity contribution is -0.144. The average Bonchev–Trinajstić information content (AvgIpc) is 2.52. The number of hydrogen-bond acceptors (Lipinski definition) is 6. The Morgan fingerprint density at radius 2 is 1.74 bits per heavy atom. The van der Waals surface area contributed by atoms with E-state index in [0.29, 0.717) is 13.0 Å². The van der Waals surface area contributed by atoms with E-state index in [-0.39, 0.29) is 25.1 Å². The molecular formula is C16H24O6S. The van der Waals surface area contributed by atoms with Crippen LogP contribution in [-0.4, -0.2) is 41.0 Å². The van der Waals surface area contributed by atoms with E-state index in [9.17, 15) is 13.2 Å². The predicted molar refractivity (Wildman–Crippen MR) is 86.4 cm³/mol. The third-order valence-corrected chi connectivity index (χ3v) is 3.75. The fourth-order valence-corrected chi connectivity index (χ4v) is 2.41. The molecule has 1 atom stereocenters. The minimum absolute atomic E-state index is 0.164. The first kappa shape index (κ1) is 19.6. The quantitative estimate of drug-likeness (QED) is 0.348. The van der Waals surface area contributed by atoms with Gasteiger partial charge in [0, 0.05) is 6.61 Å². The highest BCUT2D eigenvalue weighted by molar-refractivity contribution is 7.85. The zero-order valence-electron chi connectivity index (χ0n) is 13.6. The Kier molecular flexibility index (Phi) is 8.83. The fourth-order valence-electron chi connectivity index (χ4n) is 1.99. The van der Waals surface area contributed by atoms with Gasteiger partial charge in [-0.2, -0.15) is 8.42 Å². The van der Waals surface area contributed by atoms with Crippen LogP contribution in [-0.2, 0) is 28.6 Å². The molecule has 0 radical (unpaired) electrons. The molecule has 0 fully saturated rings. The largest absolute Gasteiger partial charge is 0.469 e. The molecule has 0 aliphatic carbocycles. The van der Waals surface area contributed by atoms with Gasteiger partial charge in [0.25, 0.3) is 10.1 Å². The second kappa shape index (κ2) is 10.4. The first-order valence-electron chi connectivity index (χ1n) is 7.50. The third-order valence-electron chi connectivity index (χ3n) is 3.16. The van der Waals surface area contributed by atoms with Crippen LogP contribution in [0.15, 0.2) is 30.3 Å². The molecular weight excluding hydrogens is 320 g/mol. The molecule has 23 heavy (non-hydrogen) atoms. The first-order valence-corrected chi connectivity index (χ1v) is 9.32. The van der Waals surface area contributed by atoms with E-state index in [4.69, 9.17) is 9.47 Å². The zero-order valence-corrected chi connectivity index (χ0v) is 14.4. The summed E-state index contributed by atoms with van der Waals surface area (Å²) in [7, 11) is -2.01. The molecule has 0 spiro atoms. The van der Waals surface area contributed by atoms with Crippen molar-refractivity contribution in [2.45, 2.75) is 31.8 Å². The summed E-state index contributed by atoms with van der Waals surface area (Å²) in [5, 5.41) is 0. The van der Waals surface area contributed by atoms with Crippen LogP contribution >= 0.6 is 0 Å². The van der Waals surface area contributed by atoms with Crippen molar-refractivity contribution < 1.29 is 26.9 Å². The molecule has 7 heteroatoms. The second-order valence-corrected chi connectivity index (χ2v) is 6.78. The Labute approximate surface area is 137 Å². The Morgan fingerprint density at radius 1 is 1.09 bits per heavy atom. The number of esters is 1. The fraction of sp³-hybridized carbons (Fsp3) is 0.562. The molecule has 1 unspecified atom stereocenters. The molecule has 130 valence electrons.